The Morgan fingerprint density at radius 1 is 0.544 bits per heavy atom. The fraction of sp³-hybridized carbons (Fsp3) is 0.872. The summed E-state index contributed by atoms with van der Waals surface area (Å²) >= 11 is 0. The maximum atomic E-state index is 12.7. The molecule has 0 fully saturated rings. The number of carbonyl (C=O) groups is 2. The molecule has 2 atom stereocenters. The van der Waals surface area contributed by atoms with Gasteiger partial charge in [-0.25, -0.2) is 4.57 Å². The summed E-state index contributed by atoms with van der Waals surface area (Å²) in [5.41, 5.74) is 0. The van der Waals surface area contributed by atoms with Crippen molar-refractivity contribution in [1.29, 1.82) is 0 Å². The molecule has 0 rings (SSSR count). The number of allylic oxidation sites excluding steroid dienone is 4. The van der Waals surface area contributed by atoms with Crippen LogP contribution in [0.15, 0.2) is 24.3 Å². The Kier molecular flexibility index (Phi) is 38.9. The van der Waals surface area contributed by atoms with Crippen LogP contribution in [0.2, 0.25) is 0 Å². The first-order valence-corrected chi connectivity index (χ1v) is 25.1. The standard InChI is InChI=1S/C47H90NO8P/c1-6-8-10-12-14-16-18-20-21-22-23-24-25-26-27-28-30-32-34-36-38-40-47(50)56-45(44-55-57(51,52)54-42-41-48(3,4)5)43-53-46(49)39-37-35-33-31-29-19-17-15-13-11-9-7-2/h18,20,22-23,45H,6-17,19,21,24-44H2,1-5H3/p+1/b20-18-,23-22-. The van der Waals surface area contributed by atoms with Gasteiger partial charge in [0.05, 0.1) is 27.7 Å². The molecule has 0 radical (unpaired) electrons. The largest absolute Gasteiger partial charge is 0.472 e. The number of likely N-dealkylation sites (N-methyl/N-ethyl adjacent to an activating group) is 1. The second kappa shape index (κ2) is 39.9. The van der Waals surface area contributed by atoms with E-state index in [2.05, 4.69) is 38.2 Å². The van der Waals surface area contributed by atoms with Gasteiger partial charge < -0.3 is 18.9 Å². The number of hydrogen-bond donors (Lipinski definition) is 1. The zero-order valence-corrected chi connectivity index (χ0v) is 38.7. The molecule has 9 nitrogen and oxygen atoms in total. The number of quaternary nitrogens is 1. The SMILES string of the molecule is CCCCCCC/C=C\C/C=C\CCCCCCCCCCCC(=O)OC(COC(=O)CCCCCCCCCCCCCC)COP(=O)(O)OCC[N+](C)(C)C. The molecule has 0 bridgehead atoms. The Hall–Kier alpha value is -1.51. The second-order valence-corrected chi connectivity index (χ2v) is 18.6. The molecule has 0 saturated carbocycles. The van der Waals surface area contributed by atoms with E-state index in [1.807, 2.05) is 21.1 Å². The molecular formula is C47H91NO8P+. The van der Waals surface area contributed by atoms with Crippen molar-refractivity contribution in [3.05, 3.63) is 24.3 Å². The van der Waals surface area contributed by atoms with Gasteiger partial charge in [-0.3, -0.25) is 18.6 Å². The summed E-state index contributed by atoms with van der Waals surface area (Å²) in [6.45, 7) is 4.42. The summed E-state index contributed by atoms with van der Waals surface area (Å²) in [6, 6.07) is 0. The van der Waals surface area contributed by atoms with Crippen LogP contribution in [0.25, 0.3) is 0 Å². The van der Waals surface area contributed by atoms with Gasteiger partial charge in [-0.15, -0.1) is 0 Å². The summed E-state index contributed by atoms with van der Waals surface area (Å²) in [7, 11) is 1.48. The van der Waals surface area contributed by atoms with Gasteiger partial charge in [0.15, 0.2) is 6.10 Å². The molecular weight excluding hydrogens is 737 g/mol. The van der Waals surface area contributed by atoms with E-state index in [4.69, 9.17) is 18.5 Å². The third kappa shape index (κ3) is 43.9. The maximum absolute atomic E-state index is 12.7. The van der Waals surface area contributed by atoms with Gasteiger partial charge >= 0.3 is 19.8 Å². The number of ether oxygens (including phenoxy) is 2. The summed E-state index contributed by atoms with van der Waals surface area (Å²) in [5.74, 6) is -0.796. The molecule has 0 aromatic carbocycles. The molecule has 0 aromatic heterocycles. The third-order valence-corrected chi connectivity index (χ3v) is 11.2. The number of unbranched alkanes of at least 4 members (excludes halogenated alkanes) is 25. The van der Waals surface area contributed by atoms with E-state index in [0.717, 1.165) is 44.9 Å². The predicted octanol–water partition coefficient (Wildman–Crippen LogP) is 13.5. The lowest BCUT2D eigenvalue weighted by Crippen LogP contribution is -2.37. The monoisotopic (exact) mass is 829 g/mol. The molecule has 0 saturated heterocycles. The minimum Gasteiger partial charge on any atom is -0.462 e. The van der Waals surface area contributed by atoms with Crippen molar-refractivity contribution in [2.24, 2.45) is 0 Å². The van der Waals surface area contributed by atoms with Crippen LogP contribution in [0.3, 0.4) is 0 Å². The molecule has 0 amide bonds. The smallest absolute Gasteiger partial charge is 0.462 e. The number of esters is 2. The molecule has 0 heterocycles. The summed E-state index contributed by atoms with van der Waals surface area (Å²) < 4.78 is 34.3. The van der Waals surface area contributed by atoms with Crippen molar-refractivity contribution in [3.8, 4) is 0 Å². The lowest BCUT2D eigenvalue weighted by Gasteiger charge is -2.24. The Balaban J connectivity index is 4.27. The average Bonchev–Trinajstić information content (AvgIpc) is 3.16. The topological polar surface area (TPSA) is 108 Å². The Morgan fingerprint density at radius 2 is 0.947 bits per heavy atom. The van der Waals surface area contributed by atoms with Crippen LogP contribution >= 0.6 is 7.82 Å². The Bertz CT molecular complexity index is 1030. The first-order valence-electron chi connectivity index (χ1n) is 23.6. The molecule has 0 aliphatic carbocycles. The van der Waals surface area contributed by atoms with Crippen LogP contribution in [0, 0.1) is 0 Å². The molecule has 57 heavy (non-hydrogen) atoms. The van der Waals surface area contributed by atoms with Gasteiger partial charge in [0.2, 0.25) is 0 Å². The van der Waals surface area contributed by atoms with Crippen LogP contribution in [-0.2, 0) is 32.7 Å². The highest BCUT2D eigenvalue weighted by molar-refractivity contribution is 7.47. The van der Waals surface area contributed by atoms with Crippen LogP contribution < -0.4 is 0 Å². The van der Waals surface area contributed by atoms with Crippen molar-refractivity contribution < 1.29 is 42.1 Å². The van der Waals surface area contributed by atoms with Gasteiger partial charge in [0.1, 0.15) is 19.8 Å². The summed E-state index contributed by atoms with van der Waals surface area (Å²) in [5, 5.41) is 0. The molecule has 0 aliphatic rings. The van der Waals surface area contributed by atoms with E-state index in [0.29, 0.717) is 23.9 Å². The van der Waals surface area contributed by atoms with Crippen molar-refractivity contribution in [2.75, 3.05) is 47.5 Å². The van der Waals surface area contributed by atoms with E-state index in [9.17, 15) is 19.0 Å². The minimum atomic E-state index is -4.37. The fourth-order valence-electron chi connectivity index (χ4n) is 6.52. The highest BCUT2D eigenvalue weighted by Gasteiger charge is 2.27. The normalized spacial score (nSPS) is 13.7. The zero-order valence-electron chi connectivity index (χ0n) is 37.8. The number of phosphoric ester groups is 1. The molecule has 2 unspecified atom stereocenters. The van der Waals surface area contributed by atoms with Crippen LogP contribution in [0.1, 0.15) is 213 Å². The van der Waals surface area contributed by atoms with Gasteiger partial charge in [-0.1, -0.05) is 179 Å². The fourth-order valence-corrected chi connectivity index (χ4v) is 7.26. The lowest BCUT2D eigenvalue weighted by atomic mass is 10.0. The van der Waals surface area contributed by atoms with E-state index in [-0.39, 0.29) is 25.6 Å². The number of hydrogen-bond acceptors (Lipinski definition) is 7. The van der Waals surface area contributed by atoms with Crippen molar-refractivity contribution in [1.82, 2.24) is 0 Å². The van der Waals surface area contributed by atoms with Crippen molar-refractivity contribution in [3.63, 3.8) is 0 Å². The van der Waals surface area contributed by atoms with E-state index in [1.165, 1.54) is 135 Å². The summed E-state index contributed by atoms with van der Waals surface area (Å²) in [6.07, 6.45) is 43.6. The first kappa shape index (κ1) is 55.5. The van der Waals surface area contributed by atoms with E-state index in [1.54, 1.807) is 0 Å². The van der Waals surface area contributed by atoms with Gasteiger partial charge in [0.25, 0.3) is 0 Å². The molecule has 10 heteroatoms. The van der Waals surface area contributed by atoms with E-state index < -0.39 is 26.5 Å². The van der Waals surface area contributed by atoms with Gasteiger partial charge in [-0.05, 0) is 44.9 Å². The highest BCUT2D eigenvalue weighted by atomic mass is 31.2. The lowest BCUT2D eigenvalue weighted by molar-refractivity contribution is -0.870. The third-order valence-electron chi connectivity index (χ3n) is 10.2. The van der Waals surface area contributed by atoms with Gasteiger partial charge in [-0.2, -0.15) is 0 Å². The molecule has 0 aliphatic heterocycles. The van der Waals surface area contributed by atoms with Crippen LogP contribution in [0.5, 0.6) is 0 Å². The highest BCUT2D eigenvalue weighted by Crippen LogP contribution is 2.43. The summed E-state index contributed by atoms with van der Waals surface area (Å²) in [4.78, 5) is 35.4. The van der Waals surface area contributed by atoms with Gasteiger partial charge in [0, 0.05) is 12.8 Å². The molecule has 0 aromatic rings. The van der Waals surface area contributed by atoms with E-state index >= 15 is 0 Å². The maximum Gasteiger partial charge on any atom is 0.472 e. The van der Waals surface area contributed by atoms with Crippen LogP contribution in [0.4, 0.5) is 0 Å². The molecule has 336 valence electrons. The first-order chi connectivity index (χ1) is 27.5. The van der Waals surface area contributed by atoms with Crippen LogP contribution in [-0.4, -0.2) is 74.9 Å². The molecule has 0 spiro atoms. The van der Waals surface area contributed by atoms with Crippen molar-refractivity contribution in [2.45, 2.75) is 219 Å². The number of carbonyl (C=O) groups excluding carboxylic acids is 2. The number of nitrogens with zero attached hydrogens (tertiary/aromatic N) is 1. The quantitative estimate of drug-likeness (QED) is 0.0213. The predicted molar refractivity (Wildman–Crippen MR) is 238 cm³/mol. The average molecular weight is 829 g/mol. The number of rotatable bonds is 43. The minimum absolute atomic E-state index is 0.0327. The van der Waals surface area contributed by atoms with Crippen molar-refractivity contribution >= 4 is 19.8 Å². The molecule has 1 N–H and O–H groups in total. The number of phosphoric acid groups is 1. The zero-order chi connectivity index (χ0) is 42.1. The Labute approximate surface area is 351 Å². The second-order valence-electron chi connectivity index (χ2n) is 17.1. The Morgan fingerprint density at radius 3 is 1.39 bits per heavy atom.